The van der Waals surface area contributed by atoms with Crippen molar-refractivity contribution in [2.24, 2.45) is 0 Å². The Balaban J connectivity index is 1.46. The molecule has 1 fully saturated rings. The van der Waals surface area contributed by atoms with Gasteiger partial charge < -0.3 is 5.32 Å². The lowest BCUT2D eigenvalue weighted by Gasteiger charge is -2.35. The molecule has 5 nitrogen and oxygen atoms in total. The molecule has 4 rings (SSSR count). The monoisotopic (exact) mass is 349 g/mol. The second kappa shape index (κ2) is 7.00. The average Bonchev–Trinajstić information content (AvgIpc) is 2.94. The van der Waals surface area contributed by atoms with Gasteiger partial charge in [-0.05, 0) is 62.4 Å². The SMILES string of the molecule is C[C@H](N[C@@H]1CCC[C@@H](N2C(=O)c3ccccc3C2=O)C1)c1ccncc1. The number of carbonyl (C=O) groups is 2. The molecule has 2 aromatic rings. The van der Waals surface area contributed by atoms with Crippen molar-refractivity contribution in [1.29, 1.82) is 0 Å². The first-order valence-electron chi connectivity index (χ1n) is 9.28. The molecule has 2 heterocycles. The van der Waals surface area contributed by atoms with E-state index >= 15 is 0 Å². The van der Waals surface area contributed by atoms with Crippen LogP contribution in [0.15, 0.2) is 48.8 Å². The molecular weight excluding hydrogens is 326 g/mol. The van der Waals surface area contributed by atoms with Crippen molar-refractivity contribution >= 4 is 11.8 Å². The first-order valence-corrected chi connectivity index (χ1v) is 9.28. The Morgan fingerprint density at radius 1 is 1.04 bits per heavy atom. The Morgan fingerprint density at radius 2 is 1.69 bits per heavy atom. The van der Waals surface area contributed by atoms with Crippen LogP contribution in [0.4, 0.5) is 0 Å². The summed E-state index contributed by atoms with van der Waals surface area (Å²) in [6.45, 7) is 2.14. The molecule has 2 amide bonds. The molecule has 0 unspecified atom stereocenters. The van der Waals surface area contributed by atoms with E-state index in [-0.39, 0.29) is 23.9 Å². The Kier molecular flexibility index (Phi) is 4.55. The number of carbonyl (C=O) groups excluding carboxylic acids is 2. The number of aromatic nitrogens is 1. The Hall–Kier alpha value is -2.53. The zero-order valence-corrected chi connectivity index (χ0v) is 14.9. The number of hydrogen-bond acceptors (Lipinski definition) is 4. The lowest BCUT2D eigenvalue weighted by Crippen LogP contribution is -2.47. The first-order chi connectivity index (χ1) is 12.6. The summed E-state index contributed by atoms with van der Waals surface area (Å²) in [6.07, 6.45) is 7.37. The predicted molar refractivity (Wildman–Crippen MR) is 98.8 cm³/mol. The van der Waals surface area contributed by atoms with E-state index in [1.807, 2.05) is 24.3 Å². The third kappa shape index (κ3) is 3.03. The molecule has 1 aliphatic heterocycles. The van der Waals surface area contributed by atoms with Gasteiger partial charge in [0, 0.05) is 30.5 Å². The summed E-state index contributed by atoms with van der Waals surface area (Å²) < 4.78 is 0. The van der Waals surface area contributed by atoms with Gasteiger partial charge in [-0.1, -0.05) is 12.1 Å². The van der Waals surface area contributed by atoms with Crippen molar-refractivity contribution in [2.45, 2.75) is 50.7 Å². The standard InChI is InChI=1S/C21H23N3O2/c1-14(15-9-11-22-12-10-15)23-16-5-4-6-17(13-16)24-20(25)18-7-2-3-8-19(18)21(24)26/h2-3,7-12,14,16-17,23H,4-6,13H2,1H3/t14-,16+,17+/m0/s1. The second-order valence-corrected chi connectivity index (χ2v) is 7.21. The summed E-state index contributed by atoms with van der Waals surface area (Å²) in [5.41, 5.74) is 2.28. The van der Waals surface area contributed by atoms with E-state index < -0.39 is 0 Å². The van der Waals surface area contributed by atoms with Crippen molar-refractivity contribution in [1.82, 2.24) is 15.2 Å². The van der Waals surface area contributed by atoms with Gasteiger partial charge in [0.25, 0.3) is 11.8 Å². The zero-order valence-electron chi connectivity index (χ0n) is 14.9. The lowest BCUT2D eigenvalue weighted by atomic mass is 9.89. The molecule has 134 valence electrons. The number of nitrogens with zero attached hydrogens (tertiary/aromatic N) is 2. The van der Waals surface area contributed by atoms with Gasteiger partial charge in [-0.15, -0.1) is 0 Å². The van der Waals surface area contributed by atoms with Crippen molar-refractivity contribution in [2.75, 3.05) is 0 Å². The zero-order chi connectivity index (χ0) is 18.1. The number of fused-ring (bicyclic) bond motifs is 1. The molecule has 3 atom stereocenters. The Bertz CT molecular complexity index is 786. The number of hydrogen-bond donors (Lipinski definition) is 1. The van der Waals surface area contributed by atoms with Crippen molar-refractivity contribution in [3.05, 3.63) is 65.5 Å². The fraction of sp³-hybridized carbons (Fsp3) is 0.381. The fourth-order valence-electron chi connectivity index (χ4n) is 4.19. The van der Waals surface area contributed by atoms with Crippen molar-refractivity contribution in [3.63, 3.8) is 0 Å². The van der Waals surface area contributed by atoms with E-state index in [0.717, 1.165) is 25.7 Å². The Morgan fingerprint density at radius 3 is 2.35 bits per heavy atom. The summed E-state index contributed by atoms with van der Waals surface area (Å²) in [7, 11) is 0. The highest BCUT2D eigenvalue weighted by Crippen LogP contribution is 2.31. The van der Waals surface area contributed by atoms with Gasteiger partial charge >= 0.3 is 0 Å². The van der Waals surface area contributed by atoms with Crippen LogP contribution in [0.3, 0.4) is 0 Å². The topological polar surface area (TPSA) is 62.3 Å². The molecule has 5 heteroatoms. The third-order valence-electron chi connectivity index (χ3n) is 5.53. The maximum absolute atomic E-state index is 12.7. The van der Waals surface area contributed by atoms with Gasteiger partial charge in [-0.25, -0.2) is 0 Å². The molecule has 1 aliphatic carbocycles. The molecule has 26 heavy (non-hydrogen) atoms. The number of amides is 2. The highest BCUT2D eigenvalue weighted by Gasteiger charge is 2.41. The summed E-state index contributed by atoms with van der Waals surface area (Å²) in [5.74, 6) is -0.281. The first kappa shape index (κ1) is 16.9. The normalized spacial score (nSPS) is 23.8. The number of imide groups is 1. The van der Waals surface area contributed by atoms with E-state index in [2.05, 4.69) is 17.2 Å². The quantitative estimate of drug-likeness (QED) is 0.860. The van der Waals surface area contributed by atoms with Gasteiger partial charge in [0.1, 0.15) is 0 Å². The van der Waals surface area contributed by atoms with Crippen LogP contribution in [0.5, 0.6) is 0 Å². The molecule has 0 bridgehead atoms. The highest BCUT2D eigenvalue weighted by molar-refractivity contribution is 6.21. The summed E-state index contributed by atoms with van der Waals surface area (Å²) in [6, 6.07) is 11.6. The molecule has 2 aliphatic rings. The fourth-order valence-corrected chi connectivity index (χ4v) is 4.19. The average molecular weight is 349 g/mol. The molecule has 1 N–H and O–H groups in total. The van der Waals surface area contributed by atoms with Gasteiger partial charge in [-0.3, -0.25) is 19.5 Å². The van der Waals surface area contributed by atoms with Crippen LogP contribution in [-0.2, 0) is 0 Å². The van der Waals surface area contributed by atoms with Gasteiger partial charge in [-0.2, -0.15) is 0 Å². The second-order valence-electron chi connectivity index (χ2n) is 7.21. The molecule has 1 aromatic heterocycles. The van der Waals surface area contributed by atoms with Crippen LogP contribution in [0.25, 0.3) is 0 Å². The Labute approximate surface area is 153 Å². The van der Waals surface area contributed by atoms with Crippen LogP contribution in [0.2, 0.25) is 0 Å². The minimum atomic E-state index is -0.140. The lowest BCUT2D eigenvalue weighted by molar-refractivity contribution is 0.0531. The molecule has 0 saturated heterocycles. The van der Waals surface area contributed by atoms with E-state index in [9.17, 15) is 9.59 Å². The minimum Gasteiger partial charge on any atom is -0.307 e. The molecule has 1 saturated carbocycles. The minimum absolute atomic E-state index is 0.0294. The van der Waals surface area contributed by atoms with Crippen LogP contribution < -0.4 is 5.32 Å². The van der Waals surface area contributed by atoms with E-state index in [0.29, 0.717) is 17.2 Å². The van der Waals surface area contributed by atoms with Crippen LogP contribution in [0.1, 0.15) is 64.9 Å². The van der Waals surface area contributed by atoms with Crippen molar-refractivity contribution < 1.29 is 9.59 Å². The summed E-state index contributed by atoms with van der Waals surface area (Å²) >= 11 is 0. The van der Waals surface area contributed by atoms with E-state index in [1.165, 1.54) is 10.5 Å². The van der Waals surface area contributed by atoms with Gasteiger partial charge in [0.15, 0.2) is 0 Å². The number of rotatable bonds is 4. The molecule has 1 aromatic carbocycles. The van der Waals surface area contributed by atoms with E-state index in [4.69, 9.17) is 0 Å². The van der Waals surface area contributed by atoms with Crippen LogP contribution in [-0.4, -0.2) is 33.8 Å². The molecule has 0 radical (unpaired) electrons. The molecular formula is C21H23N3O2. The maximum atomic E-state index is 12.7. The largest absolute Gasteiger partial charge is 0.307 e. The van der Waals surface area contributed by atoms with Gasteiger partial charge in [0.05, 0.1) is 11.1 Å². The van der Waals surface area contributed by atoms with Gasteiger partial charge in [0.2, 0.25) is 0 Å². The highest BCUT2D eigenvalue weighted by atomic mass is 16.2. The smallest absolute Gasteiger partial charge is 0.261 e. The predicted octanol–water partition coefficient (Wildman–Crippen LogP) is 3.34. The van der Waals surface area contributed by atoms with E-state index in [1.54, 1.807) is 24.5 Å². The third-order valence-corrected chi connectivity index (χ3v) is 5.53. The van der Waals surface area contributed by atoms with Crippen molar-refractivity contribution in [3.8, 4) is 0 Å². The molecule has 0 spiro atoms. The maximum Gasteiger partial charge on any atom is 0.261 e. The summed E-state index contributed by atoms with van der Waals surface area (Å²) in [4.78, 5) is 31.0. The van der Waals surface area contributed by atoms with Crippen LogP contribution >= 0.6 is 0 Å². The number of nitrogens with one attached hydrogen (secondary N) is 1. The number of pyridine rings is 1. The summed E-state index contributed by atoms with van der Waals surface area (Å²) in [5, 5.41) is 3.66. The number of benzene rings is 1. The van der Waals surface area contributed by atoms with Crippen LogP contribution in [0, 0.1) is 0 Å².